The predicted octanol–water partition coefficient (Wildman–Crippen LogP) is 6.82. The minimum absolute atomic E-state index is 0.0187. The van der Waals surface area contributed by atoms with Gasteiger partial charge < -0.3 is 33.6 Å². The summed E-state index contributed by atoms with van der Waals surface area (Å²) < 4.78 is 77.7. The van der Waals surface area contributed by atoms with E-state index in [0.29, 0.717) is 86.0 Å². The molecule has 68 heavy (non-hydrogen) atoms. The maximum atomic E-state index is 13.2. The summed E-state index contributed by atoms with van der Waals surface area (Å²) in [7, 11) is -1.75. The summed E-state index contributed by atoms with van der Waals surface area (Å²) in [5, 5.41) is 5.52. The van der Waals surface area contributed by atoms with Crippen molar-refractivity contribution in [1.29, 1.82) is 0 Å². The first-order valence-electron chi connectivity index (χ1n) is 25.0. The molecule has 1 amide bonds. The first kappa shape index (κ1) is 50.5. The zero-order valence-corrected chi connectivity index (χ0v) is 42.8. The van der Waals surface area contributed by atoms with Gasteiger partial charge in [-0.05, 0) is 152 Å². The third kappa shape index (κ3) is 11.3. The van der Waals surface area contributed by atoms with Gasteiger partial charge >= 0.3 is 5.97 Å². The van der Waals surface area contributed by atoms with Gasteiger partial charge in [-0.1, -0.05) is 12.1 Å². The number of fused-ring (bicyclic) bond motifs is 2. The molecule has 374 valence electrons. The molecule has 6 aliphatic rings. The second-order valence-electron chi connectivity index (χ2n) is 20.3. The van der Waals surface area contributed by atoms with E-state index in [4.69, 9.17) is 14.2 Å². The van der Waals surface area contributed by atoms with Crippen molar-refractivity contribution in [2.45, 2.75) is 151 Å². The van der Waals surface area contributed by atoms with Gasteiger partial charge in [0.2, 0.25) is 26.0 Å². The summed E-state index contributed by atoms with van der Waals surface area (Å²) in [4.78, 5) is 27.2. The number of aryl methyl sites for hydroxylation is 4. The molecule has 15 nitrogen and oxygen atoms in total. The highest BCUT2D eigenvalue weighted by molar-refractivity contribution is 7.89. The number of carbonyl (C=O) groups excluding carboxylic acids is 2. The van der Waals surface area contributed by atoms with Crippen LogP contribution in [0.15, 0.2) is 46.2 Å². The summed E-state index contributed by atoms with van der Waals surface area (Å²) in [5.74, 6) is 1.09. The minimum Gasteiger partial charge on any atom is -0.469 e. The molecule has 2 aliphatic heterocycles. The Morgan fingerprint density at radius 2 is 1.13 bits per heavy atom. The molecule has 10 rings (SSSR count). The number of hydrogen-bond donors (Lipinski definition) is 3. The van der Waals surface area contributed by atoms with E-state index in [9.17, 15) is 26.4 Å². The highest BCUT2D eigenvalue weighted by atomic mass is 32.2. The van der Waals surface area contributed by atoms with Crippen molar-refractivity contribution in [3.05, 3.63) is 58.9 Å². The van der Waals surface area contributed by atoms with Crippen molar-refractivity contribution in [3.8, 4) is 0 Å². The maximum absolute atomic E-state index is 13.2. The van der Waals surface area contributed by atoms with Crippen LogP contribution in [0.1, 0.15) is 125 Å². The van der Waals surface area contributed by atoms with Crippen molar-refractivity contribution < 1.29 is 40.6 Å². The fourth-order valence-corrected chi connectivity index (χ4v) is 13.7. The molecule has 6 fully saturated rings. The van der Waals surface area contributed by atoms with E-state index in [1.54, 1.807) is 18.2 Å². The van der Waals surface area contributed by atoms with Gasteiger partial charge in [0, 0.05) is 84.4 Å². The molecule has 0 spiro atoms. The Bertz CT molecular complexity index is 2670. The molecule has 2 aromatic carbocycles. The van der Waals surface area contributed by atoms with E-state index in [2.05, 4.69) is 44.7 Å². The van der Waals surface area contributed by atoms with Crippen LogP contribution >= 0.6 is 0 Å². The van der Waals surface area contributed by atoms with Gasteiger partial charge in [-0.25, -0.2) is 26.3 Å². The van der Waals surface area contributed by atoms with Crippen molar-refractivity contribution in [2.24, 2.45) is 25.9 Å². The Hall–Kier alpha value is -3.84. The van der Waals surface area contributed by atoms with Crippen LogP contribution < -0.4 is 14.8 Å². The molecule has 0 radical (unpaired) electrons. The molecule has 3 N–H and O–H groups in total. The molecule has 4 saturated carbocycles. The van der Waals surface area contributed by atoms with Crippen LogP contribution in [0.5, 0.6) is 0 Å². The van der Waals surface area contributed by atoms with Crippen LogP contribution in [-0.4, -0.2) is 114 Å². The zero-order valence-electron chi connectivity index (χ0n) is 41.1. The number of rotatable bonds is 10. The topological polar surface area (TPSA) is 179 Å². The number of nitrogens with one attached hydrogen (secondary N) is 3. The van der Waals surface area contributed by atoms with Crippen LogP contribution in [0.2, 0.25) is 0 Å². The van der Waals surface area contributed by atoms with E-state index in [-0.39, 0.29) is 41.8 Å². The van der Waals surface area contributed by atoms with Gasteiger partial charge in [0.05, 0.1) is 55.3 Å². The summed E-state index contributed by atoms with van der Waals surface area (Å²) in [5.41, 5.74) is 7.15. The second-order valence-corrected chi connectivity index (χ2v) is 23.7. The standard InChI is InChI=1S/C25H35N3O4S.C21H28N2O4S.C5H11NO/c1-16-15-32-13-12-28(16)25(29)19-6-8-20(9-7-19)26-33(30,31)21-10-11-22-17(2)24(18-4-5-18)27(3)23(22)14-21;1-13-18-11-10-17(12-19(18)23(2)20(13)14-4-5-14)28(25,26)22-16-8-6-15(7-9-16)21(24)27-3;1-5-4-7-3-2-6-5/h10-11,14,16,18-20,26H,4-9,12-13,15H2,1-3H3;10-12,14-16,22H,4-9H2,1-3H3;5-6H,2-4H2,1H3/t16-,19?,20?;;5-/m0.0/s1. The normalized spacial score (nSPS) is 25.8. The number of sulfonamides is 2. The van der Waals surface area contributed by atoms with Gasteiger partial charge in [0.15, 0.2) is 0 Å². The average Bonchev–Trinajstić information content (AvgIpc) is 4.29. The summed E-state index contributed by atoms with van der Waals surface area (Å²) in [6.07, 6.45) is 10.3. The van der Waals surface area contributed by atoms with Crippen LogP contribution in [0, 0.1) is 25.7 Å². The molecular weight excluding hydrogens is 905 g/mol. The van der Waals surface area contributed by atoms with E-state index in [1.165, 1.54) is 55.3 Å². The van der Waals surface area contributed by atoms with E-state index < -0.39 is 20.0 Å². The van der Waals surface area contributed by atoms with Crippen LogP contribution in [-0.2, 0) is 57.9 Å². The Morgan fingerprint density at radius 3 is 1.53 bits per heavy atom. The quantitative estimate of drug-likeness (QED) is 0.143. The third-order valence-corrected chi connectivity index (χ3v) is 18.3. The molecule has 2 aromatic heterocycles. The molecule has 2 saturated heterocycles. The van der Waals surface area contributed by atoms with Crippen molar-refractivity contribution in [3.63, 3.8) is 0 Å². The van der Waals surface area contributed by atoms with Crippen molar-refractivity contribution in [2.75, 3.05) is 46.6 Å². The molecule has 0 bridgehead atoms. The van der Waals surface area contributed by atoms with Crippen molar-refractivity contribution in [1.82, 2.24) is 28.8 Å². The number of methoxy groups -OCH3 is 1. The van der Waals surface area contributed by atoms with Crippen LogP contribution in [0.4, 0.5) is 0 Å². The number of amides is 1. The molecule has 4 heterocycles. The second kappa shape index (κ2) is 21.3. The zero-order chi connectivity index (χ0) is 48.5. The fourth-order valence-electron chi connectivity index (χ4n) is 11.1. The molecule has 2 atom stereocenters. The first-order valence-corrected chi connectivity index (χ1v) is 27.9. The fraction of sp³-hybridized carbons (Fsp3) is 0.647. The van der Waals surface area contributed by atoms with E-state index in [1.807, 2.05) is 44.1 Å². The summed E-state index contributed by atoms with van der Waals surface area (Å²) >= 11 is 0. The molecule has 0 unspecified atom stereocenters. The van der Waals surface area contributed by atoms with Gasteiger partial charge in [-0.15, -0.1) is 0 Å². The summed E-state index contributed by atoms with van der Waals surface area (Å²) in [6.45, 7) is 13.0. The smallest absolute Gasteiger partial charge is 0.308 e. The van der Waals surface area contributed by atoms with Crippen molar-refractivity contribution >= 4 is 53.7 Å². The number of carbonyl (C=O) groups is 2. The lowest BCUT2D eigenvalue weighted by atomic mass is 9.85. The largest absolute Gasteiger partial charge is 0.469 e. The first-order chi connectivity index (χ1) is 32.5. The Labute approximate surface area is 403 Å². The molecular formula is C51H74N6O9S2. The van der Waals surface area contributed by atoms with Gasteiger partial charge in [-0.3, -0.25) is 9.59 Å². The Balaban J connectivity index is 0.000000162. The van der Waals surface area contributed by atoms with Crippen LogP contribution in [0.3, 0.4) is 0 Å². The Morgan fingerprint density at radius 1 is 0.662 bits per heavy atom. The third-order valence-electron chi connectivity index (χ3n) is 15.2. The monoisotopic (exact) mass is 978 g/mol. The highest BCUT2D eigenvalue weighted by Crippen LogP contribution is 2.45. The lowest BCUT2D eigenvalue weighted by Crippen LogP contribution is -2.50. The number of hydrogen-bond acceptors (Lipinski definition) is 10. The number of benzene rings is 2. The lowest BCUT2D eigenvalue weighted by molar-refractivity contribution is -0.146. The SMILES string of the molecule is COC(=O)C1CCC(NS(=O)(=O)c2ccc3c(C)c(C4CC4)n(C)c3c2)CC1.C[C@H]1COCCN1.Cc1c(C2CC2)n(C)c2cc(S(=O)(=O)NC3CCC(C(=O)N4CCOC[C@@H]4C)CC3)ccc12. The lowest BCUT2D eigenvalue weighted by Gasteiger charge is -2.37. The molecule has 17 heteroatoms. The van der Waals surface area contributed by atoms with Crippen LogP contribution in [0.25, 0.3) is 21.8 Å². The predicted molar refractivity (Wildman–Crippen MR) is 264 cm³/mol. The van der Waals surface area contributed by atoms with Gasteiger partial charge in [0.25, 0.3) is 0 Å². The van der Waals surface area contributed by atoms with E-state index in [0.717, 1.165) is 54.4 Å². The average molecular weight is 979 g/mol. The maximum Gasteiger partial charge on any atom is 0.308 e. The number of nitrogens with zero attached hydrogens (tertiary/aromatic N) is 3. The molecule has 4 aromatic rings. The van der Waals surface area contributed by atoms with Gasteiger partial charge in [-0.2, -0.15) is 0 Å². The minimum atomic E-state index is -3.62. The Kier molecular flexibility index (Phi) is 15.8. The highest BCUT2D eigenvalue weighted by Gasteiger charge is 2.36. The number of ether oxygens (including phenoxy) is 3. The number of aromatic nitrogens is 2. The van der Waals surface area contributed by atoms with Gasteiger partial charge in [0.1, 0.15) is 0 Å². The molecule has 4 aliphatic carbocycles. The summed E-state index contributed by atoms with van der Waals surface area (Å²) in [6, 6.07) is 11.3. The number of esters is 1. The number of morpholine rings is 2. The van der Waals surface area contributed by atoms with E-state index >= 15 is 0 Å².